The molecule has 11 heavy (non-hydrogen) atoms. The van der Waals surface area contributed by atoms with Crippen molar-refractivity contribution in [3.8, 4) is 0 Å². The van der Waals surface area contributed by atoms with Crippen LogP contribution in [-0.4, -0.2) is 36.5 Å². The third-order valence-electron chi connectivity index (χ3n) is 2.29. The molecule has 1 aliphatic carbocycles. The first-order chi connectivity index (χ1) is 5.40. The fourth-order valence-corrected chi connectivity index (χ4v) is 1.51. The molecule has 0 unspecified atom stereocenters. The molecule has 0 atom stereocenters. The maximum absolute atomic E-state index is 10.3. The standard InChI is InChI=1S/C8H12N2O/c11-6-7-5-10(4-3-9-7)8-1-2-8/h8-9H,1-5H2. The van der Waals surface area contributed by atoms with E-state index in [1.165, 1.54) is 12.8 Å². The topological polar surface area (TPSA) is 32.3 Å². The van der Waals surface area contributed by atoms with Crippen molar-refractivity contribution < 1.29 is 4.79 Å². The molecule has 0 aromatic carbocycles. The first kappa shape index (κ1) is 6.89. The van der Waals surface area contributed by atoms with E-state index in [2.05, 4.69) is 10.2 Å². The van der Waals surface area contributed by atoms with E-state index < -0.39 is 0 Å². The van der Waals surface area contributed by atoms with Gasteiger partial charge >= 0.3 is 0 Å². The molecule has 2 aliphatic rings. The second-order valence-corrected chi connectivity index (χ2v) is 3.21. The fraction of sp³-hybridized carbons (Fsp3) is 0.750. The van der Waals surface area contributed by atoms with Crippen LogP contribution in [-0.2, 0) is 4.79 Å². The van der Waals surface area contributed by atoms with E-state index in [1.54, 1.807) is 0 Å². The number of nitrogens with zero attached hydrogens (tertiary/aromatic N) is 1. The van der Waals surface area contributed by atoms with Gasteiger partial charge < -0.3 is 5.32 Å². The third-order valence-corrected chi connectivity index (χ3v) is 2.29. The van der Waals surface area contributed by atoms with Crippen LogP contribution in [0.4, 0.5) is 0 Å². The van der Waals surface area contributed by atoms with Crippen molar-refractivity contribution in [1.82, 2.24) is 10.2 Å². The molecule has 0 aromatic rings. The van der Waals surface area contributed by atoms with Gasteiger partial charge in [-0.3, -0.25) is 4.90 Å². The zero-order chi connectivity index (χ0) is 7.68. The predicted octanol–water partition coefficient (Wildman–Crippen LogP) is -0.231. The van der Waals surface area contributed by atoms with Gasteiger partial charge in [0, 0.05) is 25.7 Å². The van der Waals surface area contributed by atoms with Gasteiger partial charge in [0.25, 0.3) is 0 Å². The van der Waals surface area contributed by atoms with Gasteiger partial charge in [0.05, 0.1) is 0 Å². The number of rotatable bonds is 1. The summed E-state index contributed by atoms with van der Waals surface area (Å²) < 4.78 is 0. The highest BCUT2D eigenvalue weighted by atomic mass is 16.1. The van der Waals surface area contributed by atoms with Crippen LogP contribution < -0.4 is 5.32 Å². The number of nitrogens with one attached hydrogen (secondary N) is 1. The van der Waals surface area contributed by atoms with Crippen molar-refractivity contribution in [1.29, 1.82) is 0 Å². The Hall–Kier alpha value is -0.790. The van der Waals surface area contributed by atoms with Crippen molar-refractivity contribution in [2.75, 3.05) is 19.6 Å². The van der Waals surface area contributed by atoms with E-state index >= 15 is 0 Å². The molecule has 1 saturated heterocycles. The summed E-state index contributed by atoms with van der Waals surface area (Å²) >= 11 is 0. The van der Waals surface area contributed by atoms with E-state index in [1.807, 2.05) is 5.94 Å². The first-order valence-corrected chi connectivity index (χ1v) is 4.12. The van der Waals surface area contributed by atoms with E-state index in [-0.39, 0.29) is 0 Å². The Morgan fingerprint density at radius 3 is 3.00 bits per heavy atom. The van der Waals surface area contributed by atoms with E-state index in [4.69, 9.17) is 0 Å². The van der Waals surface area contributed by atoms with Crippen molar-refractivity contribution >= 4 is 5.94 Å². The summed E-state index contributed by atoms with van der Waals surface area (Å²) in [7, 11) is 0. The van der Waals surface area contributed by atoms with Gasteiger partial charge in [0.2, 0.25) is 0 Å². The molecule has 0 aromatic heterocycles. The Labute approximate surface area is 66.1 Å². The second-order valence-electron chi connectivity index (χ2n) is 3.21. The Morgan fingerprint density at radius 1 is 1.55 bits per heavy atom. The monoisotopic (exact) mass is 152 g/mol. The molecule has 3 nitrogen and oxygen atoms in total. The molecule has 1 N–H and O–H groups in total. The van der Waals surface area contributed by atoms with Crippen LogP contribution >= 0.6 is 0 Å². The molecule has 3 heteroatoms. The summed E-state index contributed by atoms with van der Waals surface area (Å²) in [6.07, 6.45) is 2.62. The van der Waals surface area contributed by atoms with Gasteiger partial charge in [-0.05, 0) is 12.8 Å². The van der Waals surface area contributed by atoms with Gasteiger partial charge in [-0.1, -0.05) is 0 Å². The van der Waals surface area contributed by atoms with Gasteiger partial charge in [0.1, 0.15) is 11.6 Å². The Kier molecular flexibility index (Phi) is 1.68. The summed E-state index contributed by atoms with van der Waals surface area (Å²) in [5, 5.41) is 3.03. The fourth-order valence-electron chi connectivity index (χ4n) is 1.51. The van der Waals surface area contributed by atoms with Crippen molar-refractivity contribution in [2.45, 2.75) is 18.9 Å². The molecule has 1 heterocycles. The van der Waals surface area contributed by atoms with E-state index in [9.17, 15) is 4.79 Å². The smallest absolute Gasteiger partial charge is 0.146 e. The normalized spacial score (nSPS) is 26.0. The van der Waals surface area contributed by atoms with Gasteiger partial charge in [0.15, 0.2) is 0 Å². The van der Waals surface area contributed by atoms with Gasteiger partial charge in [-0.2, -0.15) is 0 Å². The lowest BCUT2D eigenvalue weighted by molar-refractivity contribution is 0.258. The molecule has 0 amide bonds. The number of carbonyl (C=O) groups excluding carboxylic acids is 1. The molecular weight excluding hydrogens is 140 g/mol. The Bertz CT molecular complexity index is 204. The quantitative estimate of drug-likeness (QED) is 0.527. The number of piperazine rings is 1. The zero-order valence-electron chi connectivity index (χ0n) is 6.47. The lowest BCUT2D eigenvalue weighted by atomic mass is 10.3. The molecule has 2 fully saturated rings. The minimum Gasteiger partial charge on any atom is -0.377 e. The van der Waals surface area contributed by atoms with Crippen LogP contribution in [0.1, 0.15) is 12.8 Å². The highest BCUT2D eigenvalue weighted by Gasteiger charge is 2.30. The summed E-state index contributed by atoms with van der Waals surface area (Å²) in [5.41, 5.74) is 0.725. The summed E-state index contributed by atoms with van der Waals surface area (Å²) in [6.45, 7) is 2.77. The van der Waals surface area contributed by atoms with Crippen molar-refractivity contribution in [3.05, 3.63) is 5.70 Å². The first-order valence-electron chi connectivity index (χ1n) is 4.12. The molecule has 2 rings (SSSR count). The van der Waals surface area contributed by atoms with Gasteiger partial charge in [-0.25, -0.2) is 4.79 Å². The average Bonchev–Trinajstić information content (AvgIpc) is 2.87. The zero-order valence-corrected chi connectivity index (χ0v) is 6.47. The maximum Gasteiger partial charge on any atom is 0.146 e. The van der Waals surface area contributed by atoms with Crippen molar-refractivity contribution in [2.24, 2.45) is 0 Å². The molecule has 1 saturated carbocycles. The van der Waals surface area contributed by atoms with Crippen LogP contribution in [0.3, 0.4) is 0 Å². The average molecular weight is 152 g/mol. The molecule has 1 aliphatic heterocycles. The Balaban J connectivity index is 1.96. The summed E-state index contributed by atoms with van der Waals surface area (Å²) in [6, 6.07) is 0.764. The van der Waals surface area contributed by atoms with E-state index in [0.29, 0.717) is 0 Å². The highest BCUT2D eigenvalue weighted by molar-refractivity contribution is 5.52. The predicted molar refractivity (Wildman–Crippen MR) is 41.8 cm³/mol. The lowest BCUT2D eigenvalue weighted by Crippen LogP contribution is -2.43. The largest absolute Gasteiger partial charge is 0.377 e. The second kappa shape index (κ2) is 2.68. The third kappa shape index (κ3) is 1.44. The SMILES string of the molecule is O=C=C1CN(C2CC2)CCN1. The Morgan fingerprint density at radius 2 is 2.36 bits per heavy atom. The van der Waals surface area contributed by atoms with Crippen LogP contribution in [0, 0.1) is 0 Å². The lowest BCUT2D eigenvalue weighted by Gasteiger charge is -2.27. The molecule has 0 bridgehead atoms. The number of hydrogen-bond donors (Lipinski definition) is 1. The van der Waals surface area contributed by atoms with Crippen LogP contribution in [0.5, 0.6) is 0 Å². The maximum atomic E-state index is 10.3. The molecule has 0 spiro atoms. The van der Waals surface area contributed by atoms with E-state index in [0.717, 1.165) is 31.4 Å². The number of hydrogen-bond acceptors (Lipinski definition) is 3. The van der Waals surface area contributed by atoms with Gasteiger partial charge in [-0.15, -0.1) is 0 Å². The summed E-state index contributed by atoms with van der Waals surface area (Å²) in [4.78, 5) is 12.7. The van der Waals surface area contributed by atoms with Crippen molar-refractivity contribution in [3.63, 3.8) is 0 Å². The van der Waals surface area contributed by atoms with Crippen LogP contribution in [0.25, 0.3) is 0 Å². The van der Waals surface area contributed by atoms with Crippen LogP contribution in [0.15, 0.2) is 5.70 Å². The molecule has 0 radical (unpaired) electrons. The van der Waals surface area contributed by atoms with Crippen LogP contribution in [0.2, 0.25) is 0 Å². The minimum atomic E-state index is 0.725. The molecular formula is C8H12N2O. The highest BCUT2D eigenvalue weighted by Crippen LogP contribution is 2.27. The summed E-state index contributed by atoms with van der Waals surface area (Å²) in [5.74, 6) is 1.93. The minimum absolute atomic E-state index is 0.725. The molecule has 60 valence electrons.